The van der Waals surface area contributed by atoms with Crippen molar-refractivity contribution in [1.82, 2.24) is 4.90 Å². The molecule has 2 atom stereocenters. The van der Waals surface area contributed by atoms with Gasteiger partial charge in [-0.15, -0.1) is 0 Å². The van der Waals surface area contributed by atoms with E-state index in [1.165, 1.54) is 5.56 Å². The predicted octanol–water partition coefficient (Wildman–Crippen LogP) is 2.07. The number of aliphatic carboxylic acids is 1. The first-order chi connectivity index (χ1) is 7.61. The standard InChI is InChI=1S/C13H17NO2/c1-9-5-3-4-6-10(9)12-11(13(15)16)7-8-14(12)2/h3-6,11-12H,7-8H2,1-2H3,(H,15,16). The molecule has 1 fully saturated rings. The Morgan fingerprint density at radius 3 is 2.75 bits per heavy atom. The Kier molecular flexibility index (Phi) is 2.97. The van der Waals surface area contributed by atoms with Gasteiger partial charge in [0, 0.05) is 6.04 Å². The van der Waals surface area contributed by atoms with Crippen molar-refractivity contribution in [2.24, 2.45) is 5.92 Å². The van der Waals surface area contributed by atoms with Gasteiger partial charge in [-0.25, -0.2) is 0 Å². The summed E-state index contributed by atoms with van der Waals surface area (Å²) in [4.78, 5) is 13.4. The Hall–Kier alpha value is -1.35. The number of carboxylic acid groups (broad SMARTS) is 1. The van der Waals surface area contributed by atoms with E-state index in [1.54, 1.807) is 0 Å². The number of carbonyl (C=O) groups is 1. The minimum atomic E-state index is -0.683. The van der Waals surface area contributed by atoms with E-state index in [0.29, 0.717) is 0 Å². The maximum Gasteiger partial charge on any atom is 0.308 e. The van der Waals surface area contributed by atoms with E-state index in [1.807, 2.05) is 38.2 Å². The molecule has 0 bridgehead atoms. The number of carboxylic acids is 1. The van der Waals surface area contributed by atoms with Gasteiger partial charge in [-0.1, -0.05) is 24.3 Å². The van der Waals surface area contributed by atoms with Crippen molar-refractivity contribution in [2.75, 3.05) is 13.6 Å². The third-order valence-electron chi connectivity index (χ3n) is 3.47. The van der Waals surface area contributed by atoms with Crippen molar-refractivity contribution in [3.8, 4) is 0 Å². The van der Waals surface area contributed by atoms with Crippen LogP contribution >= 0.6 is 0 Å². The van der Waals surface area contributed by atoms with E-state index in [2.05, 4.69) is 4.90 Å². The summed E-state index contributed by atoms with van der Waals surface area (Å²) in [5.41, 5.74) is 2.32. The fraction of sp³-hybridized carbons (Fsp3) is 0.462. The average molecular weight is 219 g/mol. The first kappa shape index (κ1) is 11.1. The summed E-state index contributed by atoms with van der Waals surface area (Å²) in [5, 5.41) is 9.23. The van der Waals surface area contributed by atoms with E-state index in [4.69, 9.17) is 0 Å². The average Bonchev–Trinajstić information content (AvgIpc) is 2.61. The quantitative estimate of drug-likeness (QED) is 0.827. The van der Waals surface area contributed by atoms with Crippen LogP contribution in [-0.4, -0.2) is 29.6 Å². The molecule has 86 valence electrons. The molecule has 0 aromatic heterocycles. The van der Waals surface area contributed by atoms with Crippen LogP contribution in [-0.2, 0) is 4.79 Å². The lowest BCUT2D eigenvalue weighted by molar-refractivity contribution is -0.142. The lowest BCUT2D eigenvalue weighted by Gasteiger charge is -2.24. The van der Waals surface area contributed by atoms with E-state index < -0.39 is 5.97 Å². The van der Waals surface area contributed by atoms with Crippen LogP contribution in [0.3, 0.4) is 0 Å². The minimum absolute atomic E-state index is 0.0266. The van der Waals surface area contributed by atoms with Gasteiger partial charge >= 0.3 is 5.97 Å². The van der Waals surface area contributed by atoms with Crippen molar-refractivity contribution in [1.29, 1.82) is 0 Å². The fourth-order valence-corrected chi connectivity index (χ4v) is 2.58. The first-order valence-electron chi connectivity index (χ1n) is 5.60. The number of hydrogen-bond donors (Lipinski definition) is 1. The molecule has 1 aliphatic heterocycles. The highest BCUT2D eigenvalue weighted by molar-refractivity contribution is 5.72. The number of benzene rings is 1. The van der Waals surface area contributed by atoms with Crippen LogP contribution < -0.4 is 0 Å². The Morgan fingerprint density at radius 1 is 1.44 bits per heavy atom. The predicted molar refractivity (Wildman–Crippen MR) is 62.3 cm³/mol. The molecule has 3 heteroatoms. The topological polar surface area (TPSA) is 40.5 Å². The van der Waals surface area contributed by atoms with Crippen LogP contribution in [0.5, 0.6) is 0 Å². The van der Waals surface area contributed by atoms with Crippen LogP contribution in [0.25, 0.3) is 0 Å². The molecular formula is C13H17NO2. The molecule has 2 unspecified atom stereocenters. The van der Waals surface area contributed by atoms with Gasteiger partial charge in [0.15, 0.2) is 0 Å². The molecule has 1 N–H and O–H groups in total. The Bertz CT molecular complexity index is 403. The second kappa shape index (κ2) is 4.26. The van der Waals surface area contributed by atoms with Crippen molar-refractivity contribution in [3.63, 3.8) is 0 Å². The summed E-state index contributed by atoms with van der Waals surface area (Å²) in [7, 11) is 2.00. The van der Waals surface area contributed by atoms with Crippen LogP contribution in [0.1, 0.15) is 23.6 Å². The summed E-state index contributed by atoms with van der Waals surface area (Å²) >= 11 is 0. The van der Waals surface area contributed by atoms with Gasteiger partial charge < -0.3 is 5.11 Å². The molecule has 1 aromatic carbocycles. The fourth-order valence-electron chi connectivity index (χ4n) is 2.58. The highest BCUT2D eigenvalue weighted by atomic mass is 16.4. The molecule has 0 spiro atoms. The molecule has 0 amide bonds. The van der Waals surface area contributed by atoms with Crippen molar-refractivity contribution in [3.05, 3.63) is 35.4 Å². The second-order valence-electron chi connectivity index (χ2n) is 4.52. The lowest BCUT2D eigenvalue weighted by atomic mass is 9.91. The molecule has 0 aliphatic carbocycles. The minimum Gasteiger partial charge on any atom is -0.481 e. The van der Waals surface area contributed by atoms with E-state index in [-0.39, 0.29) is 12.0 Å². The summed E-state index contributed by atoms with van der Waals surface area (Å²) < 4.78 is 0. The van der Waals surface area contributed by atoms with Crippen LogP contribution in [0.4, 0.5) is 0 Å². The summed E-state index contributed by atoms with van der Waals surface area (Å²) in [6, 6.07) is 8.08. The third kappa shape index (κ3) is 1.83. The Morgan fingerprint density at radius 2 is 2.12 bits per heavy atom. The van der Waals surface area contributed by atoms with Gasteiger partial charge in [-0.3, -0.25) is 9.69 Å². The van der Waals surface area contributed by atoms with Crippen molar-refractivity contribution in [2.45, 2.75) is 19.4 Å². The number of rotatable bonds is 2. The molecule has 1 aliphatic rings. The van der Waals surface area contributed by atoms with Crippen molar-refractivity contribution >= 4 is 5.97 Å². The SMILES string of the molecule is Cc1ccccc1C1C(C(=O)O)CCN1C. The molecule has 2 rings (SSSR count). The molecule has 1 aromatic rings. The maximum atomic E-state index is 11.2. The normalized spacial score (nSPS) is 25.9. The molecular weight excluding hydrogens is 202 g/mol. The molecule has 16 heavy (non-hydrogen) atoms. The zero-order valence-electron chi connectivity index (χ0n) is 9.68. The third-order valence-corrected chi connectivity index (χ3v) is 3.47. The van der Waals surface area contributed by atoms with Gasteiger partial charge in [0.05, 0.1) is 5.92 Å². The second-order valence-corrected chi connectivity index (χ2v) is 4.52. The highest BCUT2D eigenvalue weighted by Gasteiger charge is 2.38. The van der Waals surface area contributed by atoms with Gasteiger partial charge in [-0.2, -0.15) is 0 Å². The van der Waals surface area contributed by atoms with Crippen LogP contribution in [0.2, 0.25) is 0 Å². The monoisotopic (exact) mass is 219 g/mol. The molecule has 0 radical (unpaired) electrons. The van der Waals surface area contributed by atoms with E-state index in [0.717, 1.165) is 18.5 Å². The first-order valence-corrected chi connectivity index (χ1v) is 5.60. The Balaban J connectivity index is 2.37. The van der Waals surface area contributed by atoms with Crippen LogP contribution in [0.15, 0.2) is 24.3 Å². The van der Waals surface area contributed by atoms with Gasteiger partial charge in [-0.05, 0) is 38.1 Å². The number of aryl methyl sites for hydroxylation is 1. The van der Waals surface area contributed by atoms with Gasteiger partial charge in [0.2, 0.25) is 0 Å². The van der Waals surface area contributed by atoms with E-state index in [9.17, 15) is 9.90 Å². The summed E-state index contributed by atoms with van der Waals surface area (Å²) in [6.45, 7) is 2.90. The van der Waals surface area contributed by atoms with Gasteiger partial charge in [0.25, 0.3) is 0 Å². The van der Waals surface area contributed by atoms with Gasteiger partial charge in [0.1, 0.15) is 0 Å². The lowest BCUT2D eigenvalue weighted by Crippen LogP contribution is -2.25. The number of nitrogens with zero attached hydrogens (tertiary/aromatic N) is 1. The Labute approximate surface area is 95.7 Å². The smallest absolute Gasteiger partial charge is 0.308 e. The molecule has 0 saturated carbocycles. The zero-order valence-corrected chi connectivity index (χ0v) is 9.68. The largest absolute Gasteiger partial charge is 0.481 e. The van der Waals surface area contributed by atoms with Crippen LogP contribution in [0, 0.1) is 12.8 Å². The zero-order chi connectivity index (χ0) is 11.7. The summed E-state index contributed by atoms with van der Waals surface area (Å²) in [6.07, 6.45) is 0.741. The summed E-state index contributed by atoms with van der Waals surface area (Å²) in [5.74, 6) is -0.955. The van der Waals surface area contributed by atoms with Crippen molar-refractivity contribution < 1.29 is 9.90 Å². The van der Waals surface area contributed by atoms with E-state index >= 15 is 0 Å². The molecule has 3 nitrogen and oxygen atoms in total. The number of likely N-dealkylation sites (tertiary alicyclic amines) is 1. The maximum absolute atomic E-state index is 11.2. The number of hydrogen-bond acceptors (Lipinski definition) is 2. The highest BCUT2D eigenvalue weighted by Crippen LogP contribution is 2.37. The molecule has 1 heterocycles. The molecule has 1 saturated heterocycles.